The molecule has 5 nitrogen and oxygen atoms in total. The first-order valence-corrected chi connectivity index (χ1v) is 7.69. The van der Waals surface area contributed by atoms with Crippen molar-refractivity contribution >= 4 is 11.6 Å². The fourth-order valence-electron chi connectivity index (χ4n) is 3.94. The van der Waals surface area contributed by atoms with Crippen LogP contribution in [0, 0.1) is 12.8 Å². The molecule has 1 saturated heterocycles. The number of amides is 1. The van der Waals surface area contributed by atoms with Crippen LogP contribution in [0.3, 0.4) is 0 Å². The second-order valence-electron chi connectivity index (χ2n) is 6.22. The van der Waals surface area contributed by atoms with Crippen LogP contribution in [0.15, 0.2) is 0 Å². The summed E-state index contributed by atoms with van der Waals surface area (Å²) in [6, 6.07) is 0.416. The topological polar surface area (TPSA) is 64.2 Å². The number of aryl methyl sites for hydroxylation is 2. The molecule has 2 N–H and O–H groups in total. The summed E-state index contributed by atoms with van der Waals surface area (Å²) in [4.78, 5) is 15.0. The van der Waals surface area contributed by atoms with Crippen LogP contribution in [0.1, 0.15) is 54.7 Å². The summed E-state index contributed by atoms with van der Waals surface area (Å²) in [5.74, 6) is 0.763. The van der Waals surface area contributed by atoms with Crippen LogP contribution in [0.25, 0.3) is 0 Å². The third-order valence-electron chi connectivity index (χ3n) is 4.98. The van der Waals surface area contributed by atoms with Crippen molar-refractivity contribution in [1.82, 2.24) is 14.7 Å². The number of likely N-dealkylation sites (tertiary alicyclic amines) is 1. The number of nitrogens with zero attached hydrogens (tertiary/aromatic N) is 3. The van der Waals surface area contributed by atoms with Gasteiger partial charge in [-0.25, -0.2) is 0 Å². The summed E-state index contributed by atoms with van der Waals surface area (Å²) in [5, 5.41) is 4.27. The maximum atomic E-state index is 12.9. The summed E-state index contributed by atoms with van der Waals surface area (Å²) >= 11 is 0. The minimum absolute atomic E-state index is 0.0715. The first-order chi connectivity index (χ1) is 9.59. The summed E-state index contributed by atoms with van der Waals surface area (Å²) in [6.45, 7) is 2.72. The predicted octanol–water partition coefficient (Wildman–Crippen LogP) is 2.11. The fraction of sp³-hybridized carbons (Fsp3) is 0.733. The molecule has 3 rings (SSSR count). The molecule has 5 heteroatoms. The molecule has 2 heterocycles. The van der Waals surface area contributed by atoms with E-state index in [0.717, 1.165) is 25.1 Å². The van der Waals surface area contributed by atoms with E-state index in [1.807, 2.05) is 6.92 Å². The molecule has 0 spiro atoms. The van der Waals surface area contributed by atoms with Crippen LogP contribution >= 0.6 is 0 Å². The first-order valence-electron chi connectivity index (χ1n) is 7.69. The van der Waals surface area contributed by atoms with Crippen molar-refractivity contribution < 1.29 is 4.79 Å². The number of hydrogen-bond donors (Lipinski definition) is 1. The SMILES string of the molecule is Cc1nn(C)c(C(=O)N2CCC[C@H]3CCCC[C@H]32)c1N. The lowest BCUT2D eigenvalue weighted by molar-refractivity contribution is 0.0382. The zero-order valence-electron chi connectivity index (χ0n) is 12.4. The first kappa shape index (κ1) is 13.5. The molecule has 1 saturated carbocycles. The largest absolute Gasteiger partial charge is 0.395 e. The van der Waals surface area contributed by atoms with Gasteiger partial charge in [0.15, 0.2) is 0 Å². The Balaban J connectivity index is 1.89. The van der Waals surface area contributed by atoms with Crippen LogP contribution in [-0.2, 0) is 7.05 Å². The molecule has 0 bridgehead atoms. The number of piperidine rings is 1. The zero-order chi connectivity index (χ0) is 14.3. The number of hydrogen-bond acceptors (Lipinski definition) is 3. The van der Waals surface area contributed by atoms with Gasteiger partial charge in [-0.3, -0.25) is 9.48 Å². The van der Waals surface area contributed by atoms with E-state index in [1.165, 1.54) is 25.7 Å². The molecule has 110 valence electrons. The Morgan fingerprint density at radius 3 is 2.65 bits per heavy atom. The van der Waals surface area contributed by atoms with Gasteiger partial charge in [-0.2, -0.15) is 5.10 Å². The zero-order valence-corrected chi connectivity index (χ0v) is 12.4. The van der Waals surface area contributed by atoms with Crippen molar-refractivity contribution in [2.75, 3.05) is 12.3 Å². The highest BCUT2D eigenvalue weighted by Crippen LogP contribution is 2.36. The van der Waals surface area contributed by atoms with Crippen molar-refractivity contribution in [2.24, 2.45) is 13.0 Å². The molecule has 2 atom stereocenters. The molecule has 20 heavy (non-hydrogen) atoms. The number of nitrogen functional groups attached to an aromatic ring is 1. The normalized spacial score (nSPS) is 26.4. The number of rotatable bonds is 1. The van der Waals surface area contributed by atoms with Crippen molar-refractivity contribution in [3.63, 3.8) is 0 Å². The van der Waals surface area contributed by atoms with E-state index >= 15 is 0 Å². The van der Waals surface area contributed by atoms with E-state index in [1.54, 1.807) is 11.7 Å². The van der Waals surface area contributed by atoms with Crippen molar-refractivity contribution in [3.05, 3.63) is 11.4 Å². The van der Waals surface area contributed by atoms with Gasteiger partial charge < -0.3 is 10.6 Å². The van der Waals surface area contributed by atoms with Gasteiger partial charge in [0.05, 0.1) is 11.4 Å². The molecule has 0 unspecified atom stereocenters. The van der Waals surface area contributed by atoms with Crippen molar-refractivity contribution in [1.29, 1.82) is 0 Å². The molecule has 2 aliphatic rings. The van der Waals surface area contributed by atoms with Crippen LogP contribution in [-0.4, -0.2) is 33.2 Å². The Morgan fingerprint density at radius 2 is 1.95 bits per heavy atom. The second kappa shape index (κ2) is 5.11. The smallest absolute Gasteiger partial charge is 0.274 e. The average Bonchev–Trinajstić information content (AvgIpc) is 2.71. The third-order valence-corrected chi connectivity index (χ3v) is 4.98. The third kappa shape index (κ3) is 2.09. The quantitative estimate of drug-likeness (QED) is 0.854. The summed E-state index contributed by atoms with van der Waals surface area (Å²) < 4.78 is 1.64. The molecule has 1 aromatic heterocycles. The van der Waals surface area contributed by atoms with Gasteiger partial charge in [0.25, 0.3) is 5.91 Å². The highest BCUT2D eigenvalue weighted by molar-refractivity contribution is 5.98. The van der Waals surface area contributed by atoms with Gasteiger partial charge in [-0.05, 0) is 38.5 Å². The fourth-order valence-corrected chi connectivity index (χ4v) is 3.94. The molecule has 0 radical (unpaired) electrons. The Hall–Kier alpha value is -1.52. The molecule has 2 fully saturated rings. The molecular formula is C15H24N4O. The molecular weight excluding hydrogens is 252 g/mol. The van der Waals surface area contributed by atoms with E-state index in [-0.39, 0.29) is 5.91 Å². The van der Waals surface area contributed by atoms with Crippen LogP contribution in [0.4, 0.5) is 5.69 Å². The van der Waals surface area contributed by atoms with E-state index < -0.39 is 0 Å². The predicted molar refractivity (Wildman–Crippen MR) is 78.4 cm³/mol. The van der Waals surface area contributed by atoms with Crippen LogP contribution in [0.5, 0.6) is 0 Å². The van der Waals surface area contributed by atoms with Gasteiger partial charge in [-0.15, -0.1) is 0 Å². The van der Waals surface area contributed by atoms with Gasteiger partial charge in [-0.1, -0.05) is 12.8 Å². The Labute approximate surface area is 120 Å². The van der Waals surface area contributed by atoms with Crippen LogP contribution < -0.4 is 5.73 Å². The lowest BCUT2D eigenvalue weighted by Gasteiger charge is -2.44. The molecule has 0 aromatic carbocycles. The summed E-state index contributed by atoms with van der Waals surface area (Å²) in [6.07, 6.45) is 7.36. The summed E-state index contributed by atoms with van der Waals surface area (Å²) in [5.41, 5.74) is 7.89. The molecule has 1 aliphatic heterocycles. The van der Waals surface area contributed by atoms with Gasteiger partial charge in [0.2, 0.25) is 0 Å². The minimum atomic E-state index is 0.0715. The van der Waals surface area contributed by atoms with Crippen molar-refractivity contribution in [2.45, 2.75) is 51.5 Å². The second-order valence-corrected chi connectivity index (χ2v) is 6.22. The van der Waals surface area contributed by atoms with E-state index in [0.29, 0.717) is 23.3 Å². The van der Waals surface area contributed by atoms with Crippen molar-refractivity contribution in [3.8, 4) is 0 Å². The van der Waals surface area contributed by atoms with Gasteiger partial charge in [0, 0.05) is 19.6 Å². The molecule has 1 aromatic rings. The van der Waals surface area contributed by atoms with E-state index in [4.69, 9.17) is 5.73 Å². The number of carbonyl (C=O) groups excluding carboxylic acids is 1. The number of nitrogens with two attached hydrogens (primary N) is 1. The van der Waals surface area contributed by atoms with E-state index in [2.05, 4.69) is 10.00 Å². The van der Waals surface area contributed by atoms with Crippen LogP contribution in [0.2, 0.25) is 0 Å². The summed E-state index contributed by atoms with van der Waals surface area (Å²) in [7, 11) is 1.80. The monoisotopic (exact) mass is 276 g/mol. The number of anilines is 1. The van der Waals surface area contributed by atoms with Gasteiger partial charge >= 0.3 is 0 Å². The van der Waals surface area contributed by atoms with E-state index in [9.17, 15) is 4.79 Å². The lowest BCUT2D eigenvalue weighted by Crippen LogP contribution is -2.50. The number of carbonyl (C=O) groups is 1. The minimum Gasteiger partial charge on any atom is -0.395 e. The Bertz CT molecular complexity index is 520. The molecule has 1 aliphatic carbocycles. The highest BCUT2D eigenvalue weighted by atomic mass is 16.2. The maximum absolute atomic E-state index is 12.9. The Kier molecular flexibility index (Phi) is 3.44. The standard InChI is InChI=1S/C15H24N4O/c1-10-13(16)14(18(2)17-10)15(20)19-9-5-7-11-6-3-4-8-12(11)19/h11-12H,3-9,16H2,1-2H3/t11-,12-/m1/s1. The number of aromatic nitrogens is 2. The number of fused-ring (bicyclic) bond motifs is 1. The highest BCUT2D eigenvalue weighted by Gasteiger charge is 2.37. The Morgan fingerprint density at radius 1 is 1.25 bits per heavy atom. The molecule has 1 amide bonds. The maximum Gasteiger partial charge on any atom is 0.274 e. The average molecular weight is 276 g/mol. The lowest BCUT2D eigenvalue weighted by atomic mass is 9.78. The van der Waals surface area contributed by atoms with Gasteiger partial charge in [0.1, 0.15) is 5.69 Å².